The summed E-state index contributed by atoms with van der Waals surface area (Å²) < 4.78 is 0.888. The Hall–Kier alpha value is -3.36. The Morgan fingerprint density at radius 3 is 2.68 bits per heavy atom. The van der Waals surface area contributed by atoms with E-state index in [-0.39, 0.29) is 29.4 Å². The maximum absolute atomic E-state index is 12.1. The molecule has 1 aliphatic heterocycles. The second kappa shape index (κ2) is 5.93. The largest absolute Gasteiger partial charge is 0.508 e. The lowest BCUT2D eigenvalue weighted by Crippen LogP contribution is -2.32. The van der Waals surface area contributed by atoms with Crippen molar-refractivity contribution >= 4 is 11.6 Å². The van der Waals surface area contributed by atoms with Crippen LogP contribution in [0.1, 0.15) is 30.5 Å². The summed E-state index contributed by atoms with van der Waals surface area (Å²) in [4.78, 5) is 37.7. The van der Waals surface area contributed by atoms with Crippen LogP contribution in [0.5, 0.6) is 11.6 Å². The van der Waals surface area contributed by atoms with E-state index in [9.17, 15) is 24.6 Å². The van der Waals surface area contributed by atoms with Crippen LogP contribution < -0.4 is 11.2 Å². The van der Waals surface area contributed by atoms with Gasteiger partial charge in [-0.05, 0) is 17.7 Å². The van der Waals surface area contributed by atoms with E-state index in [1.54, 1.807) is 12.1 Å². The van der Waals surface area contributed by atoms with Crippen molar-refractivity contribution in [2.75, 3.05) is 0 Å². The van der Waals surface area contributed by atoms with E-state index < -0.39 is 23.2 Å². The van der Waals surface area contributed by atoms with Crippen LogP contribution >= 0.6 is 0 Å². The molecule has 1 aromatic heterocycles. The molecular weight excluding hydrogens is 328 g/mol. The van der Waals surface area contributed by atoms with Gasteiger partial charge in [-0.3, -0.25) is 19.1 Å². The number of carbonyl (C=O) groups excluding carboxylic acids is 1. The van der Waals surface area contributed by atoms with Gasteiger partial charge in [0.15, 0.2) is 0 Å². The minimum absolute atomic E-state index is 0.0391. The van der Waals surface area contributed by atoms with Crippen molar-refractivity contribution in [3.8, 4) is 11.6 Å². The number of hydrogen-bond acceptors (Lipinski definition) is 6. The molecule has 1 unspecified atom stereocenters. The molecule has 0 spiro atoms. The molecule has 0 bridgehead atoms. The first kappa shape index (κ1) is 16.5. The Balaban J connectivity index is 2.10. The summed E-state index contributed by atoms with van der Waals surface area (Å²) >= 11 is 0. The van der Waals surface area contributed by atoms with Crippen LogP contribution in [0.2, 0.25) is 0 Å². The van der Waals surface area contributed by atoms with Crippen molar-refractivity contribution in [3.63, 3.8) is 0 Å². The average Bonchev–Trinajstić information content (AvgIpc) is 2.98. The Morgan fingerprint density at radius 1 is 1.32 bits per heavy atom. The van der Waals surface area contributed by atoms with E-state index in [1.807, 2.05) is 0 Å². The number of hydrazone groups is 1. The predicted octanol–water partition coefficient (Wildman–Crippen LogP) is 0.182. The Labute approximate surface area is 141 Å². The van der Waals surface area contributed by atoms with Crippen molar-refractivity contribution in [3.05, 3.63) is 56.2 Å². The summed E-state index contributed by atoms with van der Waals surface area (Å²) in [6.07, 6.45) is 0.151. The van der Waals surface area contributed by atoms with E-state index in [1.165, 1.54) is 31.1 Å². The molecule has 3 N–H and O–H groups in total. The number of aromatic nitrogens is 2. The summed E-state index contributed by atoms with van der Waals surface area (Å²) in [5.74, 6) is -0.839. The number of aromatic hydroxyl groups is 2. The molecule has 25 heavy (non-hydrogen) atoms. The first-order chi connectivity index (χ1) is 11.8. The highest BCUT2D eigenvalue weighted by Gasteiger charge is 2.34. The van der Waals surface area contributed by atoms with Crippen LogP contribution in [0.3, 0.4) is 0 Å². The second-order valence-electron chi connectivity index (χ2n) is 5.74. The van der Waals surface area contributed by atoms with Crippen LogP contribution in [0, 0.1) is 0 Å². The van der Waals surface area contributed by atoms with E-state index in [0.29, 0.717) is 5.56 Å². The van der Waals surface area contributed by atoms with E-state index >= 15 is 0 Å². The SMILES string of the molecule is CC(=O)N1N=C(c2c(O)n(C)c(=O)[nH]c2=O)CC1c1cccc(O)c1. The number of benzene rings is 1. The first-order valence-corrected chi connectivity index (χ1v) is 7.48. The van der Waals surface area contributed by atoms with Crippen LogP contribution in [0.25, 0.3) is 0 Å². The quantitative estimate of drug-likeness (QED) is 0.716. The maximum Gasteiger partial charge on any atom is 0.330 e. The maximum atomic E-state index is 12.1. The molecule has 1 atom stereocenters. The Kier molecular flexibility index (Phi) is 3.91. The number of phenolic OH excluding ortho intramolecular Hbond substituents is 1. The topological polar surface area (TPSA) is 128 Å². The van der Waals surface area contributed by atoms with Crippen LogP contribution in [-0.2, 0) is 11.8 Å². The molecular formula is C16H16N4O5. The number of rotatable bonds is 2. The third-order valence-electron chi connectivity index (χ3n) is 4.07. The molecule has 0 aliphatic carbocycles. The highest BCUT2D eigenvalue weighted by atomic mass is 16.3. The fraction of sp³-hybridized carbons (Fsp3) is 0.250. The number of aromatic amines is 1. The molecule has 2 heterocycles. The molecule has 1 aromatic carbocycles. The zero-order valence-corrected chi connectivity index (χ0v) is 13.6. The zero-order valence-electron chi connectivity index (χ0n) is 13.6. The summed E-state index contributed by atoms with van der Waals surface area (Å²) in [7, 11) is 1.31. The molecule has 1 amide bonds. The third-order valence-corrected chi connectivity index (χ3v) is 4.07. The van der Waals surface area contributed by atoms with E-state index in [2.05, 4.69) is 10.1 Å². The molecule has 0 saturated carbocycles. The number of carbonyl (C=O) groups is 1. The summed E-state index contributed by atoms with van der Waals surface area (Å²) in [5.41, 5.74) is -0.874. The van der Waals surface area contributed by atoms with Crippen LogP contribution in [0.15, 0.2) is 39.0 Å². The standard InChI is InChI=1S/C16H16N4O5/c1-8(21)20-12(9-4-3-5-10(22)6-9)7-11(18-20)13-14(23)17-16(25)19(2)15(13)24/h3-6,12,22,24H,7H2,1-2H3,(H,17,23,25). The average molecular weight is 344 g/mol. The number of phenols is 1. The molecule has 0 radical (unpaired) electrons. The molecule has 0 fully saturated rings. The van der Waals surface area contributed by atoms with Gasteiger partial charge in [-0.15, -0.1) is 0 Å². The number of H-pyrrole nitrogens is 1. The van der Waals surface area contributed by atoms with Crippen molar-refractivity contribution in [1.82, 2.24) is 14.6 Å². The van der Waals surface area contributed by atoms with Gasteiger partial charge in [-0.25, -0.2) is 9.80 Å². The molecule has 1 aliphatic rings. The van der Waals surface area contributed by atoms with Crippen molar-refractivity contribution < 1.29 is 15.0 Å². The van der Waals surface area contributed by atoms with Crippen LogP contribution in [0.4, 0.5) is 0 Å². The van der Waals surface area contributed by atoms with Crippen molar-refractivity contribution in [2.24, 2.45) is 12.1 Å². The molecule has 130 valence electrons. The molecule has 9 nitrogen and oxygen atoms in total. The lowest BCUT2D eigenvalue weighted by atomic mass is 9.99. The van der Waals surface area contributed by atoms with Gasteiger partial charge in [-0.2, -0.15) is 5.10 Å². The number of amides is 1. The lowest BCUT2D eigenvalue weighted by Gasteiger charge is -2.20. The third kappa shape index (κ3) is 2.80. The van der Waals surface area contributed by atoms with Crippen molar-refractivity contribution in [2.45, 2.75) is 19.4 Å². The summed E-state index contributed by atoms with van der Waals surface area (Å²) in [6.45, 7) is 1.33. The molecule has 0 saturated heterocycles. The zero-order chi connectivity index (χ0) is 18.3. The predicted molar refractivity (Wildman–Crippen MR) is 88.5 cm³/mol. The van der Waals surface area contributed by atoms with Crippen molar-refractivity contribution in [1.29, 1.82) is 0 Å². The van der Waals surface area contributed by atoms with Gasteiger partial charge in [0.05, 0.1) is 11.8 Å². The highest BCUT2D eigenvalue weighted by molar-refractivity contribution is 6.04. The molecule has 2 aromatic rings. The van der Waals surface area contributed by atoms with Gasteiger partial charge < -0.3 is 10.2 Å². The van der Waals surface area contributed by atoms with Crippen LogP contribution in [-0.4, -0.2) is 36.4 Å². The summed E-state index contributed by atoms with van der Waals surface area (Å²) in [6, 6.07) is 5.84. The van der Waals surface area contributed by atoms with E-state index in [4.69, 9.17) is 0 Å². The Bertz CT molecular complexity index is 1000. The van der Waals surface area contributed by atoms with Gasteiger partial charge in [0.1, 0.15) is 11.3 Å². The number of nitrogens with one attached hydrogen (secondary N) is 1. The van der Waals surface area contributed by atoms with Gasteiger partial charge >= 0.3 is 5.69 Å². The monoisotopic (exact) mass is 344 g/mol. The second-order valence-corrected chi connectivity index (χ2v) is 5.74. The minimum Gasteiger partial charge on any atom is -0.508 e. The minimum atomic E-state index is -0.778. The smallest absolute Gasteiger partial charge is 0.330 e. The normalized spacial score (nSPS) is 16.8. The van der Waals surface area contributed by atoms with Gasteiger partial charge in [-0.1, -0.05) is 12.1 Å². The first-order valence-electron chi connectivity index (χ1n) is 7.48. The van der Waals surface area contributed by atoms with Gasteiger partial charge in [0, 0.05) is 20.4 Å². The fourth-order valence-electron chi connectivity index (χ4n) is 2.81. The lowest BCUT2D eigenvalue weighted by molar-refractivity contribution is -0.130. The summed E-state index contributed by atoms with van der Waals surface area (Å²) in [5, 5.41) is 25.2. The van der Waals surface area contributed by atoms with Gasteiger partial charge in [0.25, 0.3) is 5.56 Å². The number of hydrogen-bond donors (Lipinski definition) is 3. The highest BCUT2D eigenvalue weighted by Crippen LogP contribution is 2.34. The fourth-order valence-corrected chi connectivity index (χ4v) is 2.81. The van der Waals surface area contributed by atoms with E-state index in [0.717, 1.165) is 4.57 Å². The number of nitrogens with zero attached hydrogens (tertiary/aromatic N) is 3. The Morgan fingerprint density at radius 2 is 2.04 bits per heavy atom. The molecule has 3 rings (SSSR count). The molecule has 9 heteroatoms. The van der Waals surface area contributed by atoms with Gasteiger partial charge in [0.2, 0.25) is 11.8 Å².